The van der Waals surface area contributed by atoms with Crippen molar-refractivity contribution in [3.05, 3.63) is 52.4 Å². The van der Waals surface area contributed by atoms with Crippen LogP contribution in [-0.4, -0.2) is 23.0 Å². The summed E-state index contributed by atoms with van der Waals surface area (Å²) in [5.41, 5.74) is 3.75. The normalized spacial score (nSPS) is 11.0. The lowest BCUT2D eigenvalue weighted by Crippen LogP contribution is -2.26. The third-order valence-corrected chi connectivity index (χ3v) is 3.75. The number of benzene rings is 1. The van der Waals surface area contributed by atoms with Crippen LogP contribution >= 0.6 is 0 Å². The molecule has 0 N–H and O–H groups in total. The molecule has 1 aromatic carbocycles. The molecule has 0 saturated carbocycles. The van der Waals surface area contributed by atoms with Gasteiger partial charge in [-0.2, -0.15) is 0 Å². The highest BCUT2D eigenvalue weighted by Gasteiger charge is 2.16. The van der Waals surface area contributed by atoms with Crippen LogP contribution in [-0.2, 0) is 6.54 Å². The zero-order chi connectivity index (χ0) is 15.6. The molecule has 4 nitrogen and oxygen atoms in total. The fraction of sp³-hybridized carbons (Fsp3) is 0.412. The fourth-order valence-corrected chi connectivity index (χ4v) is 2.27. The Morgan fingerprint density at radius 3 is 2.33 bits per heavy atom. The van der Waals surface area contributed by atoms with Crippen LogP contribution in [0.5, 0.6) is 0 Å². The van der Waals surface area contributed by atoms with Gasteiger partial charge in [0.05, 0.1) is 12.2 Å². The van der Waals surface area contributed by atoms with E-state index in [0.29, 0.717) is 18.0 Å². The molecular weight excluding hydrogens is 264 g/mol. The molecule has 0 bridgehead atoms. The molecule has 2 rings (SSSR count). The van der Waals surface area contributed by atoms with Gasteiger partial charge in [0.1, 0.15) is 5.76 Å². The summed E-state index contributed by atoms with van der Waals surface area (Å²) in [6.45, 7) is 8.54. The van der Waals surface area contributed by atoms with Gasteiger partial charge in [-0.25, -0.2) is 0 Å². The second-order valence-corrected chi connectivity index (χ2v) is 5.74. The first-order valence-corrected chi connectivity index (χ1v) is 7.17. The molecule has 0 atom stereocenters. The maximum atomic E-state index is 12.4. The molecule has 0 spiro atoms. The van der Waals surface area contributed by atoms with E-state index in [1.54, 1.807) is 11.9 Å². The largest absolute Gasteiger partial charge is 0.361 e. The Hall–Kier alpha value is -2.10. The summed E-state index contributed by atoms with van der Waals surface area (Å²) in [5.74, 6) is 1.24. The molecule has 2 aromatic rings. The Kier molecular flexibility index (Phi) is 4.46. The van der Waals surface area contributed by atoms with E-state index in [9.17, 15) is 4.79 Å². The Bertz CT molecular complexity index is 607. The first kappa shape index (κ1) is 15.3. The topological polar surface area (TPSA) is 46.3 Å². The minimum Gasteiger partial charge on any atom is -0.361 e. The zero-order valence-electron chi connectivity index (χ0n) is 13.3. The lowest BCUT2D eigenvalue weighted by molar-refractivity contribution is 0.0784. The SMILES string of the molecule is Cc1noc(C)c1CN(C)C(=O)c1ccc(C(C)C)cc1. The van der Waals surface area contributed by atoms with Crippen molar-refractivity contribution < 1.29 is 9.32 Å². The van der Waals surface area contributed by atoms with Crippen LogP contribution in [0.4, 0.5) is 0 Å². The van der Waals surface area contributed by atoms with Crippen molar-refractivity contribution in [3.8, 4) is 0 Å². The third-order valence-electron chi connectivity index (χ3n) is 3.75. The van der Waals surface area contributed by atoms with Crippen molar-refractivity contribution in [2.45, 2.75) is 40.2 Å². The van der Waals surface area contributed by atoms with Crippen LogP contribution in [0, 0.1) is 13.8 Å². The van der Waals surface area contributed by atoms with E-state index in [2.05, 4.69) is 19.0 Å². The van der Waals surface area contributed by atoms with Gasteiger partial charge in [0, 0.05) is 18.2 Å². The number of carbonyl (C=O) groups is 1. The Morgan fingerprint density at radius 2 is 1.86 bits per heavy atom. The van der Waals surface area contributed by atoms with Crippen LogP contribution in [0.3, 0.4) is 0 Å². The van der Waals surface area contributed by atoms with Crippen molar-refractivity contribution in [3.63, 3.8) is 0 Å². The lowest BCUT2D eigenvalue weighted by atomic mass is 10.0. The van der Waals surface area contributed by atoms with E-state index < -0.39 is 0 Å². The van der Waals surface area contributed by atoms with E-state index in [-0.39, 0.29) is 5.91 Å². The Labute approximate surface area is 125 Å². The summed E-state index contributed by atoms with van der Waals surface area (Å²) < 4.78 is 5.14. The molecule has 0 aliphatic heterocycles. The monoisotopic (exact) mass is 286 g/mol. The van der Waals surface area contributed by atoms with Gasteiger partial charge in [-0.3, -0.25) is 4.79 Å². The van der Waals surface area contributed by atoms with E-state index in [1.807, 2.05) is 38.1 Å². The number of nitrogens with zero attached hydrogens (tertiary/aromatic N) is 2. The van der Waals surface area contributed by atoms with Crippen molar-refractivity contribution in [2.75, 3.05) is 7.05 Å². The summed E-state index contributed by atoms with van der Waals surface area (Å²) in [6.07, 6.45) is 0. The summed E-state index contributed by atoms with van der Waals surface area (Å²) >= 11 is 0. The van der Waals surface area contributed by atoms with Crippen LogP contribution in [0.2, 0.25) is 0 Å². The lowest BCUT2D eigenvalue weighted by Gasteiger charge is -2.17. The number of carbonyl (C=O) groups excluding carboxylic acids is 1. The first-order chi connectivity index (χ1) is 9.90. The van der Waals surface area contributed by atoms with Crippen molar-refractivity contribution in [1.82, 2.24) is 10.1 Å². The van der Waals surface area contributed by atoms with Crippen LogP contribution in [0.25, 0.3) is 0 Å². The van der Waals surface area contributed by atoms with E-state index in [1.165, 1.54) is 5.56 Å². The van der Waals surface area contributed by atoms with Gasteiger partial charge in [0.15, 0.2) is 0 Å². The first-order valence-electron chi connectivity index (χ1n) is 7.17. The average Bonchev–Trinajstić information content (AvgIpc) is 2.78. The molecule has 4 heteroatoms. The fourth-order valence-electron chi connectivity index (χ4n) is 2.27. The molecular formula is C17H22N2O2. The van der Waals surface area contributed by atoms with Gasteiger partial charge in [-0.15, -0.1) is 0 Å². The highest BCUT2D eigenvalue weighted by Crippen LogP contribution is 2.18. The molecule has 0 unspecified atom stereocenters. The summed E-state index contributed by atoms with van der Waals surface area (Å²) in [5, 5.41) is 3.92. The van der Waals surface area contributed by atoms with Crippen LogP contribution in [0.15, 0.2) is 28.8 Å². The Balaban J connectivity index is 2.12. The molecule has 1 amide bonds. The predicted octanol–water partition coefficient (Wildman–Crippen LogP) is 3.69. The molecule has 112 valence electrons. The van der Waals surface area contributed by atoms with Crippen molar-refractivity contribution >= 4 is 5.91 Å². The number of rotatable bonds is 4. The highest BCUT2D eigenvalue weighted by atomic mass is 16.5. The van der Waals surface area contributed by atoms with E-state index in [4.69, 9.17) is 4.52 Å². The molecule has 0 aliphatic carbocycles. The van der Waals surface area contributed by atoms with Gasteiger partial charge < -0.3 is 9.42 Å². The molecule has 1 aromatic heterocycles. The van der Waals surface area contributed by atoms with Crippen LogP contribution < -0.4 is 0 Å². The summed E-state index contributed by atoms with van der Waals surface area (Å²) in [6, 6.07) is 7.81. The molecule has 0 saturated heterocycles. The number of hydrogen-bond acceptors (Lipinski definition) is 3. The molecule has 0 fully saturated rings. The minimum atomic E-state index is 0.00491. The summed E-state index contributed by atoms with van der Waals surface area (Å²) in [7, 11) is 1.80. The third kappa shape index (κ3) is 3.32. The van der Waals surface area contributed by atoms with Gasteiger partial charge in [-0.05, 0) is 37.5 Å². The highest BCUT2D eigenvalue weighted by molar-refractivity contribution is 5.94. The molecule has 0 aliphatic rings. The van der Waals surface area contributed by atoms with Gasteiger partial charge in [0.2, 0.25) is 0 Å². The van der Waals surface area contributed by atoms with Gasteiger partial charge in [0.25, 0.3) is 5.91 Å². The Morgan fingerprint density at radius 1 is 1.24 bits per heavy atom. The maximum Gasteiger partial charge on any atom is 0.253 e. The quantitative estimate of drug-likeness (QED) is 0.861. The second-order valence-electron chi connectivity index (χ2n) is 5.74. The smallest absolute Gasteiger partial charge is 0.253 e. The molecule has 0 radical (unpaired) electrons. The van der Waals surface area contributed by atoms with Crippen LogP contribution in [0.1, 0.15) is 52.7 Å². The minimum absolute atomic E-state index is 0.00491. The standard InChI is InChI=1S/C17H22N2O2/c1-11(2)14-6-8-15(9-7-14)17(20)19(5)10-16-12(3)18-21-13(16)4/h6-9,11H,10H2,1-5H3. The number of hydrogen-bond donors (Lipinski definition) is 0. The zero-order valence-corrected chi connectivity index (χ0v) is 13.3. The number of aryl methyl sites for hydroxylation is 2. The number of amides is 1. The predicted molar refractivity (Wildman–Crippen MR) is 82.3 cm³/mol. The van der Waals surface area contributed by atoms with Crippen molar-refractivity contribution in [2.24, 2.45) is 0 Å². The second kappa shape index (κ2) is 6.12. The van der Waals surface area contributed by atoms with E-state index in [0.717, 1.165) is 17.0 Å². The van der Waals surface area contributed by atoms with Crippen molar-refractivity contribution in [1.29, 1.82) is 0 Å². The molecule has 21 heavy (non-hydrogen) atoms. The number of aromatic nitrogens is 1. The van der Waals surface area contributed by atoms with Gasteiger partial charge >= 0.3 is 0 Å². The molecule has 1 heterocycles. The van der Waals surface area contributed by atoms with Gasteiger partial charge in [-0.1, -0.05) is 31.1 Å². The average molecular weight is 286 g/mol. The summed E-state index contributed by atoms with van der Waals surface area (Å²) in [4.78, 5) is 14.1. The van der Waals surface area contributed by atoms with E-state index >= 15 is 0 Å². The maximum absolute atomic E-state index is 12.4.